The SMILES string of the molecule is Cc1ccccc1-n1ncc2c(=O)[nH]c(SCC(=O)N3CCC(C)CC3)nc21. The van der Waals surface area contributed by atoms with Crippen molar-refractivity contribution in [1.29, 1.82) is 0 Å². The number of H-pyrrole nitrogens is 1. The summed E-state index contributed by atoms with van der Waals surface area (Å²) < 4.78 is 1.68. The molecule has 8 heteroatoms. The molecular weight excluding hydrogens is 374 g/mol. The quantitative estimate of drug-likeness (QED) is 0.541. The van der Waals surface area contributed by atoms with E-state index in [0.29, 0.717) is 22.1 Å². The number of carbonyl (C=O) groups is 1. The second-order valence-corrected chi connectivity index (χ2v) is 8.27. The summed E-state index contributed by atoms with van der Waals surface area (Å²) in [6.07, 6.45) is 3.63. The molecule has 1 aromatic carbocycles. The zero-order valence-electron chi connectivity index (χ0n) is 16.0. The molecule has 1 N–H and O–H groups in total. The molecule has 3 aromatic rings. The summed E-state index contributed by atoms with van der Waals surface area (Å²) in [5.74, 6) is 1.03. The molecule has 0 unspecified atom stereocenters. The molecule has 146 valence electrons. The molecule has 1 saturated heterocycles. The molecule has 3 heterocycles. The third kappa shape index (κ3) is 3.69. The number of carbonyl (C=O) groups excluding carboxylic acids is 1. The van der Waals surface area contributed by atoms with Crippen LogP contribution in [0.3, 0.4) is 0 Å². The average molecular weight is 398 g/mol. The standard InChI is InChI=1S/C20H23N5O2S/c1-13-7-9-24(10-8-13)17(26)12-28-20-22-18-15(19(27)23-20)11-21-25(18)16-6-4-3-5-14(16)2/h3-6,11,13H,7-10,12H2,1-2H3,(H,22,23,27). The number of piperidine rings is 1. The number of hydrogen-bond donors (Lipinski definition) is 1. The number of para-hydroxylation sites is 1. The van der Waals surface area contributed by atoms with Gasteiger partial charge < -0.3 is 9.88 Å². The molecule has 0 radical (unpaired) electrons. The molecule has 1 aliphatic rings. The molecule has 0 aliphatic carbocycles. The maximum Gasteiger partial charge on any atom is 0.262 e. The molecule has 0 spiro atoms. The average Bonchev–Trinajstić information content (AvgIpc) is 3.11. The van der Waals surface area contributed by atoms with Gasteiger partial charge in [-0.05, 0) is 37.3 Å². The number of nitrogens with zero attached hydrogens (tertiary/aromatic N) is 4. The van der Waals surface area contributed by atoms with Gasteiger partial charge >= 0.3 is 0 Å². The van der Waals surface area contributed by atoms with Crippen molar-refractivity contribution in [2.45, 2.75) is 31.8 Å². The van der Waals surface area contributed by atoms with E-state index in [9.17, 15) is 9.59 Å². The summed E-state index contributed by atoms with van der Waals surface area (Å²) >= 11 is 1.26. The van der Waals surface area contributed by atoms with E-state index in [2.05, 4.69) is 22.0 Å². The molecule has 0 atom stereocenters. The number of fused-ring (bicyclic) bond motifs is 1. The molecule has 28 heavy (non-hydrogen) atoms. The Morgan fingerprint density at radius 2 is 2.04 bits per heavy atom. The van der Waals surface area contributed by atoms with Gasteiger partial charge in [-0.2, -0.15) is 5.10 Å². The van der Waals surface area contributed by atoms with E-state index in [-0.39, 0.29) is 17.2 Å². The van der Waals surface area contributed by atoms with Gasteiger partial charge in [-0.15, -0.1) is 0 Å². The first-order valence-electron chi connectivity index (χ1n) is 9.47. The Kier molecular flexibility index (Phi) is 5.21. The van der Waals surface area contributed by atoms with E-state index >= 15 is 0 Å². The van der Waals surface area contributed by atoms with Gasteiger partial charge in [-0.1, -0.05) is 36.9 Å². The number of likely N-dealkylation sites (tertiary alicyclic amines) is 1. The minimum absolute atomic E-state index is 0.0899. The summed E-state index contributed by atoms with van der Waals surface area (Å²) in [7, 11) is 0. The third-order valence-corrected chi connectivity index (χ3v) is 6.09. The van der Waals surface area contributed by atoms with E-state index in [1.54, 1.807) is 4.68 Å². The number of nitrogens with one attached hydrogen (secondary N) is 1. The van der Waals surface area contributed by atoms with Crippen LogP contribution in [-0.4, -0.2) is 49.4 Å². The minimum Gasteiger partial charge on any atom is -0.342 e. The van der Waals surface area contributed by atoms with Crippen LogP contribution in [0.25, 0.3) is 16.7 Å². The van der Waals surface area contributed by atoms with Crippen LogP contribution >= 0.6 is 11.8 Å². The zero-order chi connectivity index (χ0) is 19.7. The lowest BCUT2D eigenvalue weighted by atomic mass is 9.99. The van der Waals surface area contributed by atoms with E-state index in [0.717, 1.165) is 37.2 Å². The van der Waals surface area contributed by atoms with Crippen LogP contribution < -0.4 is 5.56 Å². The van der Waals surface area contributed by atoms with Gasteiger partial charge in [-0.3, -0.25) is 9.59 Å². The van der Waals surface area contributed by atoms with Crippen molar-refractivity contribution in [3.05, 3.63) is 46.4 Å². The Bertz CT molecular complexity index is 1070. The fourth-order valence-electron chi connectivity index (χ4n) is 3.42. The zero-order valence-corrected chi connectivity index (χ0v) is 16.8. The highest BCUT2D eigenvalue weighted by Crippen LogP contribution is 2.21. The first-order valence-corrected chi connectivity index (χ1v) is 10.5. The van der Waals surface area contributed by atoms with Crippen LogP contribution in [0.4, 0.5) is 0 Å². The van der Waals surface area contributed by atoms with Crippen molar-refractivity contribution in [2.75, 3.05) is 18.8 Å². The summed E-state index contributed by atoms with van der Waals surface area (Å²) in [5.41, 5.74) is 2.18. The highest BCUT2D eigenvalue weighted by atomic mass is 32.2. The first kappa shape index (κ1) is 18.7. The number of aryl methyl sites for hydroxylation is 1. The predicted molar refractivity (Wildman–Crippen MR) is 110 cm³/mol. The Morgan fingerprint density at radius 1 is 1.29 bits per heavy atom. The molecular formula is C20H23N5O2S. The van der Waals surface area contributed by atoms with Crippen LogP contribution in [0.2, 0.25) is 0 Å². The summed E-state index contributed by atoms with van der Waals surface area (Å²) in [6, 6.07) is 7.82. The van der Waals surface area contributed by atoms with E-state index in [4.69, 9.17) is 0 Å². The first-order chi connectivity index (χ1) is 13.5. The van der Waals surface area contributed by atoms with Crippen molar-refractivity contribution < 1.29 is 4.79 Å². The Morgan fingerprint density at radius 3 is 2.79 bits per heavy atom. The van der Waals surface area contributed by atoms with Crippen LogP contribution in [0.15, 0.2) is 40.4 Å². The number of benzene rings is 1. The van der Waals surface area contributed by atoms with Gasteiger partial charge in [0.2, 0.25) is 5.91 Å². The van der Waals surface area contributed by atoms with Crippen LogP contribution in [0.5, 0.6) is 0 Å². The van der Waals surface area contributed by atoms with E-state index in [1.807, 2.05) is 36.1 Å². The summed E-state index contributed by atoms with van der Waals surface area (Å²) in [5, 5.41) is 5.22. The molecule has 1 aliphatic heterocycles. The highest BCUT2D eigenvalue weighted by molar-refractivity contribution is 7.99. The van der Waals surface area contributed by atoms with Gasteiger partial charge in [-0.25, -0.2) is 9.67 Å². The number of amides is 1. The van der Waals surface area contributed by atoms with Crippen molar-refractivity contribution in [2.24, 2.45) is 5.92 Å². The molecule has 0 bridgehead atoms. The number of aromatic nitrogens is 4. The van der Waals surface area contributed by atoms with Crippen molar-refractivity contribution in [1.82, 2.24) is 24.6 Å². The lowest BCUT2D eigenvalue weighted by Crippen LogP contribution is -2.38. The third-order valence-electron chi connectivity index (χ3n) is 5.23. The lowest BCUT2D eigenvalue weighted by molar-refractivity contribution is -0.129. The van der Waals surface area contributed by atoms with Gasteiger partial charge in [0.25, 0.3) is 5.56 Å². The fraction of sp³-hybridized carbons (Fsp3) is 0.400. The van der Waals surface area contributed by atoms with Gasteiger partial charge in [0.05, 0.1) is 17.6 Å². The molecule has 1 amide bonds. The van der Waals surface area contributed by atoms with Crippen molar-refractivity contribution in [3.8, 4) is 5.69 Å². The molecule has 1 fully saturated rings. The lowest BCUT2D eigenvalue weighted by Gasteiger charge is -2.30. The van der Waals surface area contributed by atoms with Crippen molar-refractivity contribution >= 4 is 28.7 Å². The molecule has 7 nitrogen and oxygen atoms in total. The highest BCUT2D eigenvalue weighted by Gasteiger charge is 2.21. The van der Waals surface area contributed by atoms with Gasteiger partial charge in [0.15, 0.2) is 10.8 Å². The Balaban J connectivity index is 1.57. The van der Waals surface area contributed by atoms with Crippen LogP contribution in [-0.2, 0) is 4.79 Å². The number of rotatable bonds is 4. The summed E-state index contributed by atoms with van der Waals surface area (Å²) in [4.78, 5) is 34.2. The van der Waals surface area contributed by atoms with Crippen molar-refractivity contribution in [3.63, 3.8) is 0 Å². The number of hydrogen-bond acceptors (Lipinski definition) is 5. The van der Waals surface area contributed by atoms with Crippen LogP contribution in [0, 0.1) is 12.8 Å². The Hall–Kier alpha value is -2.61. The topological polar surface area (TPSA) is 83.9 Å². The van der Waals surface area contributed by atoms with Crippen LogP contribution in [0.1, 0.15) is 25.3 Å². The fourth-order valence-corrected chi connectivity index (χ4v) is 4.18. The monoisotopic (exact) mass is 397 g/mol. The largest absolute Gasteiger partial charge is 0.342 e. The number of aromatic amines is 1. The number of thioether (sulfide) groups is 1. The summed E-state index contributed by atoms with van der Waals surface area (Å²) in [6.45, 7) is 5.83. The van der Waals surface area contributed by atoms with E-state index < -0.39 is 0 Å². The predicted octanol–water partition coefficient (Wildman–Crippen LogP) is 2.77. The van der Waals surface area contributed by atoms with Gasteiger partial charge in [0.1, 0.15) is 5.39 Å². The second kappa shape index (κ2) is 7.79. The maximum absolute atomic E-state index is 12.5. The minimum atomic E-state index is -0.244. The van der Waals surface area contributed by atoms with Gasteiger partial charge in [0, 0.05) is 13.1 Å². The molecule has 0 saturated carbocycles. The maximum atomic E-state index is 12.5. The Labute approximate surface area is 167 Å². The molecule has 2 aromatic heterocycles. The molecule has 4 rings (SSSR count). The van der Waals surface area contributed by atoms with E-state index in [1.165, 1.54) is 18.0 Å². The second-order valence-electron chi connectivity index (χ2n) is 7.30. The normalized spacial score (nSPS) is 15.3. The smallest absolute Gasteiger partial charge is 0.262 e.